The zero-order valence-electron chi connectivity index (χ0n) is 8.25. The lowest BCUT2D eigenvalue weighted by molar-refractivity contribution is -0.136. The third-order valence-electron chi connectivity index (χ3n) is 2.95. The van der Waals surface area contributed by atoms with Crippen LogP contribution in [0, 0.1) is 5.92 Å². The standard InChI is InChI=1S/C10H16BrNO2/c11-9-2-1-4-12(6-9)10(13)8-3-5-14-7-8/h8-9H,1-7H2. The Kier molecular flexibility index (Phi) is 3.44. The van der Waals surface area contributed by atoms with Gasteiger partial charge < -0.3 is 9.64 Å². The lowest BCUT2D eigenvalue weighted by Gasteiger charge is -2.31. The number of nitrogens with zero attached hydrogens (tertiary/aromatic N) is 1. The maximum Gasteiger partial charge on any atom is 0.228 e. The predicted molar refractivity (Wildman–Crippen MR) is 57.5 cm³/mol. The summed E-state index contributed by atoms with van der Waals surface area (Å²) >= 11 is 3.58. The van der Waals surface area contributed by atoms with E-state index in [1.54, 1.807) is 0 Å². The predicted octanol–water partition coefficient (Wildman–Crippen LogP) is 1.41. The number of alkyl halides is 1. The molecule has 0 aromatic heterocycles. The number of amides is 1. The number of hydrogen-bond donors (Lipinski definition) is 0. The van der Waals surface area contributed by atoms with E-state index >= 15 is 0 Å². The highest BCUT2D eigenvalue weighted by Gasteiger charge is 2.30. The Morgan fingerprint density at radius 3 is 2.93 bits per heavy atom. The molecule has 0 saturated carbocycles. The normalized spacial score (nSPS) is 33.4. The van der Waals surface area contributed by atoms with E-state index in [1.807, 2.05) is 4.90 Å². The molecule has 3 nitrogen and oxygen atoms in total. The highest BCUT2D eigenvalue weighted by molar-refractivity contribution is 9.09. The van der Waals surface area contributed by atoms with Crippen LogP contribution in [-0.4, -0.2) is 41.9 Å². The van der Waals surface area contributed by atoms with Gasteiger partial charge in [-0.15, -0.1) is 0 Å². The van der Waals surface area contributed by atoms with Gasteiger partial charge in [-0.3, -0.25) is 4.79 Å². The first-order chi connectivity index (χ1) is 6.77. The minimum absolute atomic E-state index is 0.132. The van der Waals surface area contributed by atoms with E-state index in [-0.39, 0.29) is 5.92 Å². The first-order valence-electron chi connectivity index (χ1n) is 5.28. The molecule has 14 heavy (non-hydrogen) atoms. The number of rotatable bonds is 1. The van der Waals surface area contributed by atoms with E-state index in [1.165, 1.54) is 6.42 Å². The van der Waals surface area contributed by atoms with Crippen LogP contribution >= 0.6 is 15.9 Å². The topological polar surface area (TPSA) is 29.5 Å². The van der Waals surface area contributed by atoms with Gasteiger partial charge in [0.2, 0.25) is 5.91 Å². The van der Waals surface area contributed by atoms with Gasteiger partial charge >= 0.3 is 0 Å². The molecule has 1 amide bonds. The van der Waals surface area contributed by atoms with Crippen LogP contribution < -0.4 is 0 Å². The third kappa shape index (κ3) is 2.28. The van der Waals surface area contributed by atoms with Gasteiger partial charge in [-0.05, 0) is 19.3 Å². The van der Waals surface area contributed by atoms with Crippen LogP contribution in [0.15, 0.2) is 0 Å². The van der Waals surface area contributed by atoms with Crippen molar-refractivity contribution < 1.29 is 9.53 Å². The maximum atomic E-state index is 12.0. The average molecular weight is 262 g/mol. The molecule has 2 heterocycles. The molecule has 2 aliphatic rings. The van der Waals surface area contributed by atoms with Crippen molar-refractivity contribution >= 4 is 21.8 Å². The quantitative estimate of drug-likeness (QED) is 0.669. The van der Waals surface area contributed by atoms with E-state index in [0.717, 1.165) is 32.5 Å². The van der Waals surface area contributed by atoms with Gasteiger partial charge in [0.15, 0.2) is 0 Å². The van der Waals surface area contributed by atoms with Crippen LogP contribution in [0.2, 0.25) is 0 Å². The summed E-state index contributed by atoms with van der Waals surface area (Å²) in [6.07, 6.45) is 3.21. The van der Waals surface area contributed by atoms with Crippen LogP contribution in [0.5, 0.6) is 0 Å². The van der Waals surface area contributed by atoms with E-state index < -0.39 is 0 Å². The molecular formula is C10H16BrNO2. The molecule has 0 radical (unpaired) electrons. The monoisotopic (exact) mass is 261 g/mol. The Morgan fingerprint density at radius 2 is 2.29 bits per heavy atom. The smallest absolute Gasteiger partial charge is 0.228 e. The second kappa shape index (κ2) is 4.62. The Morgan fingerprint density at radius 1 is 1.43 bits per heavy atom. The van der Waals surface area contributed by atoms with Crippen molar-refractivity contribution in [3.63, 3.8) is 0 Å². The third-order valence-corrected chi connectivity index (χ3v) is 3.70. The van der Waals surface area contributed by atoms with Crippen molar-refractivity contribution in [2.45, 2.75) is 24.1 Å². The molecule has 2 fully saturated rings. The Bertz CT molecular complexity index is 216. The molecule has 2 atom stereocenters. The second-order valence-electron chi connectivity index (χ2n) is 4.08. The number of ether oxygens (including phenoxy) is 1. The van der Waals surface area contributed by atoms with Crippen LogP contribution in [0.25, 0.3) is 0 Å². The number of likely N-dealkylation sites (tertiary alicyclic amines) is 1. The van der Waals surface area contributed by atoms with Crippen molar-refractivity contribution in [3.05, 3.63) is 0 Å². The Hall–Kier alpha value is -0.0900. The van der Waals surface area contributed by atoms with Crippen molar-refractivity contribution in [3.8, 4) is 0 Å². The van der Waals surface area contributed by atoms with E-state index in [2.05, 4.69) is 15.9 Å². The summed E-state index contributed by atoms with van der Waals surface area (Å²) < 4.78 is 5.24. The summed E-state index contributed by atoms with van der Waals surface area (Å²) in [5.74, 6) is 0.430. The van der Waals surface area contributed by atoms with Crippen LogP contribution in [0.4, 0.5) is 0 Å². The molecule has 2 unspecified atom stereocenters. The average Bonchev–Trinajstić information content (AvgIpc) is 2.69. The molecule has 2 saturated heterocycles. The van der Waals surface area contributed by atoms with Gasteiger partial charge in [0.05, 0.1) is 12.5 Å². The highest BCUT2D eigenvalue weighted by Crippen LogP contribution is 2.21. The molecule has 80 valence electrons. The zero-order chi connectivity index (χ0) is 9.97. The Balaban J connectivity index is 1.89. The van der Waals surface area contributed by atoms with Crippen molar-refractivity contribution in [2.24, 2.45) is 5.92 Å². The summed E-state index contributed by atoms with van der Waals surface area (Å²) in [5.41, 5.74) is 0. The van der Waals surface area contributed by atoms with Crippen molar-refractivity contribution in [1.82, 2.24) is 4.90 Å². The van der Waals surface area contributed by atoms with Gasteiger partial charge in [-0.1, -0.05) is 15.9 Å². The molecule has 0 aliphatic carbocycles. The molecular weight excluding hydrogens is 246 g/mol. The molecule has 2 rings (SSSR count). The molecule has 2 aliphatic heterocycles. The second-order valence-corrected chi connectivity index (χ2v) is 5.38. The number of carbonyl (C=O) groups is 1. The summed E-state index contributed by atoms with van der Waals surface area (Å²) in [5, 5.41) is 0. The van der Waals surface area contributed by atoms with E-state index in [0.29, 0.717) is 17.3 Å². The van der Waals surface area contributed by atoms with Crippen LogP contribution in [-0.2, 0) is 9.53 Å². The molecule has 0 N–H and O–H groups in total. The lowest BCUT2D eigenvalue weighted by atomic mass is 10.0. The largest absolute Gasteiger partial charge is 0.381 e. The lowest BCUT2D eigenvalue weighted by Crippen LogP contribution is -2.43. The van der Waals surface area contributed by atoms with Gasteiger partial charge in [-0.2, -0.15) is 0 Å². The van der Waals surface area contributed by atoms with Crippen LogP contribution in [0.1, 0.15) is 19.3 Å². The minimum Gasteiger partial charge on any atom is -0.381 e. The molecule has 0 bridgehead atoms. The Labute approximate surface area is 92.9 Å². The maximum absolute atomic E-state index is 12.0. The first kappa shape index (κ1) is 10.4. The fourth-order valence-electron chi connectivity index (χ4n) is 2.11. The first-order valence-corrected chi connectivity index (χ1v) is 6.19. The molecule has 0 aromatic rings. The number of halogens is 1. The van der Waals surface area contributed by atoms with Crippen LogP contribution in [0.3, 0.4) is 0 Å². The van der Waals surface area contributed by atoms with Gasteiger partial charge in [0.25, 0.3) is 0 Å². The fraction of sp³-hybridized carbons (Fsp3) is 0.900. The number of hydrogen-bond acceptors (Lipinski definition) is 2. The van der Waals surface area contributed by atoms with Gasteiger partial charge in [0.1, 0.15) is 0 Å². The number of piperidine rings is 1. The number of carbonyl (C=O) groups excluding carboxylic acids is 1. The van der Waals surface area contributed by atoms with Crippen molar-refractivity contribution in [2.75, 3.05) is 26.3 Å². The molecule has 0 spiro atoms. The van der Waals surface area contributed by atoms with E-state index in [9.17, 15) is 4.79 Å². The molecule has 4 heteroatoms. The van der Waals surface area contributed by atoms with Gasteiger partial charge in [0, 0.05) is 24.5 Å². The SMILES string of the molecule is O=C(C1CCOC1)N1CCCC(Br)C1. The zero-order valence-corrected chi connectivity index (χ0v) is 9.83. The van der Waals surface area contributed by atoms with Crippen molar-refractivity contribution in [1.29, 1.82) is 0 Å². The minimum atomic E-state index is 0.132. The summed E-state index contributed by atoms with van der Waals surface area (Å²) in [4.78, 5) is 14.4. The summed E-state index contributed by atoms with van der Waals surface area (Å²) in [6.45, 7) is 3.18. The molecule has 0 aromatic carbocycles. The fourth-order valence-corrected chi connectivity index (χ4v) is 2.79. The summed E-state index contributed by atoms with van der Waals surface area (Å²) in [6, 6.07) is 0. The highest BCUT2D eigenvalue weighted by atomic mass is 79.9. The van der Waals surface area contributed by atoms with Gasteiger partial charge in [-0.25, -0.2) is 0 Å². The summed E-state index contributed by atoms with van der Waals surface area (Å²) in [7, 11) is 0. The van der Waals surface area contributed by atoms with E-state index in [4.69, 9.17) is 4.74 Å².